The van der Waals surface area contributed by atoms with Gasteiger partial charge in [0.2, 0.25) is 0 Å². The highest BCUT2D eigenvalue weighted by Crippen LogP contribution is 2.49. The quantitative estimate of drug-likeness (QED) is 0.171. The van der Waals surface area contributed by atoms with Gasteiger partial charge in [-0.3, -0.25) is 0 Å². The second-order valence-corrected chi connectivity index (χ2v) is 18.7. The number of nitrogens with zero attached hydrogens (tertiary/aromatic N) is 2. The van der Waals surface area contributed by atoms with Gasteiger partial charge < -0.3 is 0 Å². The minimum atomic E-state index is 0.998. The Morgan fingerprint density at radius 2 is 0.733 bits per heavy atom. The summed E-state index contributed by atoms with van der Waals surface area (Å²) in [6.45, 7) is 13.3. The number of fused-ring (bicyclic) bond motifs is 1. The molecule has 0 amide bonds. The highest BCUT2D eigenvalue weighted by molar-refractivity contribution is 7.28. The summed E-state index contributed by atoms with van der Waals surface area (Å²) in [6.07, 6.45) is 0. The van der Waals surface area contributed by atoms with Crippen LogP contribution in [0.15, 0.2) is 60.7 Å². The number of thiophene rings is 6. The lowest BCUT2D eigenvalue weighted by Gasteiger charge is -2.03. The molecule has 8 aromatic rings. The molecule has 8 rings (SSSR count). The molecule has 0 saturated heterocycles. The van der Waals surface area contributed by atoms with Crippen molar-refractivity contribution in [2.24, 2.45) is 0 Å². The third-order valence-corrected chi connectivity index (χ3v) is 16.3. The van der Waals surface area contributed by atoms with Gasteiger partial charge in [0.15, 0.2) is 0 Å². The number of benzene rings is 1. The van der Waals surface area contributed by atoms with Crippen molar-refractivity contribution in [1.29, 1.82) is 0 Å². The van der Waals surface area contributed by atoms with E-state index in [1.165, 1.54) is 104 Å². The van der Waals surface area contributed by atoms with Crippen LogP contribution in [-0.2, 0) is 0 Å². The highest BCUT2D eigenvalue weighted by Gasteiger charge is 2.22. The van der Waals surface area contributed by atoms with Crippen molar-refractivity contribution in [3.63, 3.8) is 0 Å². The van der Waals surface area contributed by atoms with Gasteiger partial charge in [-0.2, -0.15) is 8.75 Å². The van der Waals surface area contributed by atoms with Gasteiger partial charge in [0.1, 0.15) is 11.0 Å². The first-order valence-corrected chi connectivity index (χ1v) is 20.2. The van der Waals surface area contributed by atoms with Crippen molar-refractivity contribution in [1.82, 2.24) is 8.75 Å². The van der Waals surface area contributed by atoms with Crippen LogP contribution >= 0.6 is 79.7 Å². The molecule has 0 aliphatic carbocycles. The fraction of sp³-hybridized carbons (Fsp3) is 0.167. The SMILES string of the molecule is Cc1ccc(-c2cc(C)c(-c3sc(-c4ccc(-c5cc(C)c(-c6sc(-c7ccc(C)s7)cc6C)s5)c5nsnc45)cc3C)s2)s1. The number of aromatic nitrogens is 2. The van der Waals surface area contributed by atoms with Crippen molar-refractivity contribution in [3.8, 4) is 59.9 Å². The smallest absolute Gasteiger partial charge is 0.114 e. The van der Waals surface area contributed by atoms with Gasteiger partial charge in [-0.1, -0.05) is 12.1 Å². The summed E-state index contributed by atoms with van der Waals surface area (Å²) < 4.78 is 9.69. The summed E-state index contributed by atoms with van der Waals surface area (Å²) in [5.41, 5.74) is 9.66. The number of hydrogen-bond acceptors (Lipinski definition) is 9. The van der Waals surface area contributed by atoms with Gasteiger partial charge in [0.25, 0.3) is 0 Å². The molecule has 1 aromatic carbocycles. The Bertz CT molecular complexity index is 2200. The third-order valence-electron chi connectivity index (χ3n) is 8.00. The fourth-order valence-electron chi connectivity index (χ4n) is 5.74. The molecule has 0 fully saturated rings. The molecule has 0 N–H and O–H groups in total. The maximum absolute atomic E-state index is 4.85. The van der Waals surface area contributed by atoms with E-state index >= 15 is 0 Å². The van der Waals surface area contributed by atoms with E-state index < -0.39 is 0 Å². The maximum atomic E-state index is 4.85. The molecule has 0 saturated carbocycles. The highest BCUT2D eigenvalue weighted by atomic mass is 32.1. The van der Waals surface area contributed by atoms with Crippen LogP contribution < -0.4 is 0 Å². The number of hydrogen-bond donors (Lipinski definition) is 0. The molecule has 7 aromatic heterocycles. The van der Waals surface area contributed by atoms with Crippen LogP contribution in [0.1, 0.15) is 32.0 Å². The second-order valence-electron chi connectivity index (χ2n) is 11.4. The van der Waals surface area contributed by atoms with E-state index in [0.717, 1.165) is 11.0 Å². The number of aryl methyl sites for hydroxylation is 6. The molecular formula is C36H28N2S7. The standard InChI is InChI=1S/C36H28N2S7/c1-17-13-27(41-33(17)35-19(3)15-29(43-35)25-11-7-21(5)39-25)23-9-10-24(32-31(23)37-45-38-32)28-14-18(2)34(42-28)36-20(4)16-30(44-36)26-12-8-22(6)40-26/h7-16H,1-6H3. The minimum absolute atomic E-state index is 0.998. The molecule has 224 valence electrons. The van der Waals surface area contributed by atoms with Gasteiger partial charge in [-0.25, -0.2) is 0 Å². The summed E-state index contributed by atoms with van der Waals surface area (Å²) in [5, 5.41) is 0. The van der Waals surface area contributed by atoms with E-state index in [1.54, 1.807) is 0 Å². The van der Waals surface area contributed by atoms with Crippen LogP contribution in [0.4, 0.5) is 0 Å². The molecule has 45 heavy (non-hydrogen) atoms. The van der Waals surface area contributed by atoms with Crippen molar-refractivity contribution < 1.29 is 0 Å². The van der Waals surface area contributed by atoms with Crippen LogP contribution in [0.25, 0.3) is 70.9 Å². The Morgan fingerprint density at radius 1 is 0.378 bits per heavy atom. The molecule has 0 atom stereocenters. The molecule has 2 nitrogen and oxygen atoms in total. The molecule has 7 heterocycles. The average molecular weight is 713 g/mol. The molecule has 0 bridgehead atoms. The molecule has 0 aliphatic rings. The Kier molecular flexibility index (Phi) is 7.56. The van der Waals surface area contributed by atoms with Crippen molar-refractivity contribution in [2.45, 2.75) is 41.5 Å². The van der Waals surface area contributed by atoms with Gasteiger partial charge in [-0.05, 0) is 112 Å². The van der Waals surface area contributed by atoms with Crippen LogP contribution in [0.5, 0.6) is 0 Å². The molecule has 0 unspecified atom stereocenters. The lowest BCUT2D eigenvalue weighted by Crippen LogP contribution is -1.82. The Hall–Kier alpha value is -2.76. The largest absolute Gasteiger partial charge is 0.172 e. The second kappa shape index (κ2) is 11.5. The predicted octanol–water partition coefficient (Wildman–Crippen LogP) is 13.9. The fourth-order valence-corrected chi connectivity index (χ4v) is 13.5. The summed E-state index contributed by atoms with van der Waals surface area (Å²) in [6, 6.07) is 22.8. The van der Waals surface area contributed by atoms with E-state index in [9.17, 15) is 0 Å². The zero-order chi connectivity index (χ0) is 31.0. The van der Waals surface area contributed by atoms with Crippen LogP contribution in [0.3, 0.4) is 0 Å². The Balaban J connectivity index is 1.15. The summed E-state index contributed by atoms with van der Waals surface area (Å²) in [5.74, 6) is 0. The zero-order valence-electron chi connectivity index (χ0n) is 25.5. The van der Waals surface area contributed by atoms with E-state index in [2.05, 4.69) is 102 Å². The maximum Gasteiger partial charge on any atom is 0.114 e. The summed E-state index contributed by atoms with van der Waals surface area (Å²) in [7, 11) is 0. The summed E-state index contributed by atoms with van der Waals surface area (Å²) in [4.78, 5) is 16.1. The zero-order valence-corrected chi connectivity index (χ0v) is 31.2. The lowest BCUT2D eigenvalue weighted by atomic mass is 10.0. The average Bonchev–Trinajstić information content (AvgIpc) is 3.84. The first-order chi connectivity index (χ1) is 21.7. The third kappa shape index (κ3) is 5.23. The van der Waals surface area contributed by atoms with Gasteiger partial charge in [0, 0.05) is 69.7 Å². The van der Waals surface area contributed by atoms with E-state index in [1.807, 2.05) is 68.0 Å². The predicted molar refractivity (Wildman–Crippen MR) is 206 cm³/mol. The monoisotopic (exact) mass is 712 g/mol. The number of rotatable bonds is 6. The van der Waals surface area contributed by atoms with Crippen molar-refractivity contribution in [3.05, 3.63) is 92.7 Å². The molecule has 0 spiro atoms. The molecular weight excluding hydrogens is 685 g/mol. The topological polar surface area (TPSA) is 25.8 Å². The molecule has 9 heteroatoms. The van der Waals surface area contributed by atoms with Crippen molar-refractivity contribution in [2.75, 3.05) is 0 Å². The first-order valence-electron chi connectivity index (χ1n) is 14.6. The summed E-state index contributed by atoms with van der Waals surface area (Å²) >= 11 is 12.6. The van der Waals surface area contributed by atoms with Crippen LogP contribution in [-0.4, -0.2) is 8.75 Å². The van der Waals surface area contributed by atoms with E-state index in [0.29, 0.717) is 0 Å². The lowest BCUT2D eigenvalue weighted by molar-refractivity contribution is 1.51. The van der Waals surface area contributed by atoms with Gasteiger partial charge >= 0.3 is 0 Å². The van der Waals surface area contributed by atoms with Gasteiger partial charge in [0.05, 0.1) is 11.7 Å². The van der Waals surface area contributed by atoms with Crippen LogP contribution in [0.2, 0.25) is 0 Å². The van der Waals surface area contributed by atoms with E-state index in [4.69, 9.17) is 8.75 Å². The van der Waals surface area contributed by atoms with E-state index in [-0.39, 0.29) is 0 Å². The first kappa shape index (κ1) is 29.6. The van der Waals surface area contributed by atoms with Crippen LogP contribution in [0, 0.1) is 41.5 Å². The van der Waals surface area contributed by atoms with Gasteiger partial charge in [-0.15, -0.1) is 68.0 Å². The Morgan fingerprint density at radius 3 is 1.09 bits per heavy atom. The normalized spacial score (nSPS) is 11.8. The minimum Gasteiger partial charge on any atom is -0.172 e. The van der Waals surface area contributed by atoms with Crippen molar-refractivity contribution >= 4 is 90.8 Å². The molecule has 0 aliphatic heterocycles. The Labute approximate surface area is 291 Å². The molecule has 0 radical (unpaired) electrons.